The first-order valence-electron chi connectivity index (χ1n) is 6.83. The average Bonchev–Trinajstić information content (AvgIpc) is 2.95. The molecule has 1 aliphatic heterocycles. The number of hydrogen-bond acceptors (Lipinski definition) is 2. The van der Waals surface area contributed by atoms with Crippen molar-refractivity contribution in [3.63, 3.8) is 0 Å². The molecule has 0 unspecified atom stereocenters. The van der Waals surface area contributed by atoms with Gasteiger partial charge >= 0.3 is 0 Å². The van der Waals surface area contributed by atoms with Crippen LogP contribution in [-0.2, 0) is 6.54 Å². The summed E-state index contributed by atoms with van der Waals surface area (Å²) in [6.45, 7) is 5.05. The predicted octanol–water partition coefficient (Wildman–Crippen LogP) is 2.17. The van der Waals surface area contributed by atoms with E-state index >= 15 is 0 Å². The predicted molar refractivity (Wildman–Crippen MR) is 78.7 cm³/mol. The molecule has 0 spiro atoms. The van der Waals surface area contributed by atoms with E-state index in [1.165, 1.54) is 18.4 Å². The molecule has 104 valence electrons. The summed E-state index contributed by atoms with van der Waals surface area (Å²) in [4.78, 5) is 6.66. The first kappa shape index (κ1) is 13.7. The molecule has 1 aliphatic rings. The van der Waals surface area contributed by atoms with Crippen LogP contribution < -0.4 is 10.1 Å². The van der Waals surface area contributed by atoms with Gasteiger partial charge in [0.2, 0.25) is 0 Å². The van der Waals surface area contributed by atoms with Crippen molar-refractivity contribution in [2.75, 3.05) is 27.2 Å². The molecule has 19 heavy (non-hydrogen) atoms. The lowest BCUT2D eigenvalue weighted by Crippen LogP contribution is -2.39. The summed E-state index contributed by atoms with van der Waals surface area (Å²) < 4.78 is 5.35. The Morgan fingerprint density at radius 3 is 2.74 bits per heavy atom. The number of nitrogens with one attached hydrogen (secondary N) is 1. The molecule has 0 atom stereocenters. The van der Waals surface area contributed by atoms with Gasteiger partial charge in [-0.15, -0.1) is 0 Å². The first-order chi connectivity index (χ1) is 9.24. The summed E-state index contributed by atoms with van der Waals surface area (Å²) in [5.41, 5.74) is 2.37. The lowest BCUT2D eigenvalue weighted by atomic mass is 10.1. The van der Waals surface area contributed by atoms with Gasteiger partial charge in [0.05, 0.1) is 7.11 Å². The Hall–Kier alpha value is -1.71. The van der Waals surface area contributed by atoms with Gasteiger partial charge in [-0.25, -0.2) is 0 Å². The molecule has 0 amide bonds. The lowest BCUT2D eigenvalue weighted by Gasteiger charge is -2.21. The van der Waals surface area contributed by atoms with E-state index in [0.717, 1.165) is 36.9 Å². The van der Waals surface area contributed by atoms with Crippen LogP contribution in [0.3, 0.4) is 0 Å². The van der Waals surface area contributed by atoms with Gasteiger partial charge in [-0.2, -0.15) is 0 Å². The third-order valence-corrected chi connectivity index (χ3v) is 3.54. The Morgan fingerprint density at radius 1 is 1.37 bits per heavy atom. The molecular formula is C15H23N3O. The number of rotatable bonds is 3. The van der Waals surface area contributed by atoms with E-state index in [2.05, 4.69) is 40.3 Å². The van der Waals surface area contributed by atoms with Crippen LogP contribution in [0.25, 0.3) is 0 Å². The number of methoxy groups -OCH3 is 1. The lowest BCUT2D eigenvalue weighted by molar-refractivity contribution is 0.411. The molecule has 1 fully saturated rings. The van der Waals surface area contributed by atoms with Crippen LogP contribution in [0.5, 0.6) is 5.75 Å². The maximum atomic E-state index is 5.35. The number of hydrogen-bond donors (Lipinski definition) is 1. The van der Waals surface area contributed by atoms with Crippen LogP contribution in [0.15, 0.2) is 23.2 Å². The van der Waals surface area contributed by atoms with Crippen LogP contribution in [-0.4, -0.2) is 38.1 Å². The topological polar surface area (TPSA) is 36.9 Å². The van der Waals surface area contributed by atoms with E-state index in [-0.39, 0.29) is 0 Å². The fourth-order valence-electron chi connectivity index (χ4n) is 2.42. The molecule has 4 nitrogen and oxygen atoms in total. The quantitative estimate of drug-likeness (QED) is 0.669. The molecule has 1 N–H and O–H groups in total. The summed E-state index contributed by atoms with van der Waals surface area (Å²) in [6, 6.07) is 6.30. The number of aliphatic imine (C=N–C) groups is 1. The van der Waals surface area contributed by atoms with Gasteiger partial charge in [0, 0.05) is 26.7 Å². The number of ether oxygens (including phenoxy) is 1. The molecule has 0 aromatic heterocycles. The SMILES string of the molecule is CN=C(NCc1ccc(C)c(OC)c1)N1CCCC1. The van der Waals surface area contributed by atoms with Gasteiger partial charge in [0.1, 0.15) is 5.75 Å². The molecule has 0 saturated carbocycles. The normalized spacial score (nSPS) is 15.7. The van der Waals surface area contributed by atoms with Crippen LogP contribution in [0.1, 0.15) is 24.0 Å². The summed E-state index contributed by atoms with van der Waals surface area (Å²) in [5, 5.41) is 3.42. The number of nitrogens with zero attached hydrogens (tertiary/aromatic N) is 2. The maximum absolute atomic E-state index is 5.35. The van der Waals surface area contributed by atoms with Gasteiger partial charge in [-0.3, -0.25) is 4.99 Å². The van der Waals surface area contributed by atoms with E-state index in [0.29, 0.717) is 0 Å². The fourth-order valence-corrected chi connectivity index (χ4v) is 2.42. The zero-order valence-corrected chi connectivity index (χ0v) is 12.1. The molecule has 1 heterocycles. The highest BCUT2D eigenvalue weighted by molar-refractivity contribution is 5.80. The van der Waals surface area contributed by atoms with Crippen LogP contribution >= 0.6 is 0 Å². The monoisotopic (exact) mass is 261 g/mol. The third kappa shape index (κ3) is 3.40. The van der Waals surface area contributed by atoms with E-state index < -0.39 is 0 Å². The number of likely N-dealkylation sites (tertiary alicyclic amines) is 1. The Bertz CT molecular complexity index is 451. The third-order valence-electron chi connectivity index (χ3n) is 3.54. The highest BCUT2D eigenvalue weighted by Crippen LogP contribution is 2.18. The minimum absolute atomic E-state index is 0.778. The zero-order valence-electron chi connectivity index (χ0n) is 12.1. The molecule has 1 saturated heterocycles. The van der Waals surface area contributed by atoms with E-state index in [9.17, 15) is 0 Å². The van der Waals surface area contributed by atoms with E-state index in [4.69, 9.17) is 4.74 Å². The first-order valence-corrected chi connectivity index (χ1v) is 6.83. The summed E-state index contributed by atoms with van der Waals surface area (Å²) >= 11 is 0. The van der Waals surface area contributed by atoms with Gasteiger partial charge in [0.15, 0.2) is 5.96 Å². The maximum Gasteiger partial charge on any atom is 0.193 e. The van der Waals surface area contributed by atoms with Crippen molar-refractivity contribution in [1.29, 1.82) is 0 Å². The van der Waals surface area contributed by atoms with Crippen molar-refractivity contribution in [1.82, 2.24) is 10.2 Å². The van der Waals surface area contributed by atoms with E-state index in [1.807, 2.05) is 7.05 Å². The van der Waals surface area contributed by atoms with Crippen molar-refractivity contribution >= 4 is 5.96 Å². The zero-order chi connectivity index (χ0) is 13.7. The summed E-state index contributed by atoms with van der Waals surface area (Å²) in [5.74, 6) is 1.94. The molecular weight excluding hydrogens is 238 g/mol. The highest BCUT2D eigenvalue weighted by Gasteiger charge is 2.15. The molecule has 1 aromatic carbocycles. The van der Waals surface area contributed by atoms with Crippen molar-refractivity contribution in [3.8, 4) is 5.75 Å². The molecule has 0 bridgehead atoms. The number of benzene rings is 1. The standard InChI is InChI=1S/C15H23N3O/c1-12-6-7-13(10-14(12)19-3)11-17-15(16-2)18-8-4-5-9-18/h6-7,10H,4-5,8-9,11H2,1-3H3,(H,16,17). The van der Waals surface area contributed by atoms with Crippen molar-refractivity contribution in [2.24, 2.45) is 4.99 Å². The molecule has 0 radical (unpaired) electrons. The molecule has 4 heteroatoms. The second kappa shape index (κ2) is 6.45. The smallest absolute Gasteiger partial charge is 0.193 e. The van der Waals surface area contributed by atoms with Gasteiger partial charge < -0.3 is 15.0 Å². The molecule has 1 aromatic rings. The minimum atomic E-state index is 0.778. The van der Waals surface area contributed by atoms with Crippen molar-refractivity contribution in [3.05, 3.63) is 29.3 Å². The Kier molecular flexibility index (Phi) is 4.66. The minimum Gasteiger partial charge on any atom is -0.496 e. The second-order valence-corrected chi connectivity index (χ2v) is 4.90. The summed E-state index contributed by atoms with van der Waals surface area (Å²) in [7, 11) is 3.55. The van der Waals surface area contributed by atoms with Gasteiger partial charge in [0.25, 0.3) is 0 Å². The van der Waals surface area contributed by atoms with Gasteiger partial charge in [-0.1, -0.05) is 12.1 Å². The Morgan fingerprint density at radius 2 is 2.11 bits per heavy atom. The van der Waals surface area contributed by atoms with Crippen LogP contribution in [0.2, 0.25) is 0 Å². The summed E-state index contributed by atoms with van der Waals surface area (Å²) in [6.07, 6.45) is 2.53. The number of guanidine groups is 1. The molecule has 0 aliphatic carbocycles. The van der Waals surface area contributed by atoms with Crippen molar-refractivity contribution in [2.45, 2.75) is 26.3 Å². The fraction of sp³-hybridized carbons (Fsp3) is 0.533. The molecule has 2 rings (SSSR count). The highest BCUT2D eigenvalue weighted by atomic mass is 16.5. The second-order valence-electron chi connectivity index (χ2n) is 4.90. The van der Waals surface area contributed by atoms with Crippen molar-refractivity contribution < 1.29 is 4.74 Å². The van der Waals surface area contributed by atoms with Gasteiger partial charge in [-0.05, 0) is 37.0 Å². The van der Waals surface area contributed by atoms with Crippen LogP contribution in [0, 0.1) is 6.92 Å². The number of aryl methyl sites for hydroxylation is 1. The van der Waals surface area contributed by atoms with E-state index in [1.54, 1.807) is 7.11 Å². The Labute approximate surface area is 115 Å². The van der Waals surface area contributed by atoms with Crippen LogP contribution in [0.4, 0.5) is 0 Å². The largest absolute Gasteiger partial charge is 0.496 e. The Balaban J connectivity index is 1.97. The average molecular weight is 261 g/mol.